The van der Waals surface area contributed by atoms with Crippen molar-refractivity contribution in [1.29, 1.82) is 0 Å². The highest BCUT2D eigenvalue weighted by Gasteiger charge is 2.13. The molecule has 3 N–H and O–H groups in total. The number of halogens is 1. The van der Waals surface area contributed by atoms with Crippen molar-refractivity contribution in [2.24, 2.45) is 12.9 Å². The van der Waals surface area contributed by atoms with E-state index >= 15 is 0 Å². The van der Waals surface area contributed by atoms with Crippen LogP contribution in [0, 0.1) is 0 Å². The maximum Gasteiger partial charge on any atom is 0.108 e. The second-order valence-electron chi connectivity index (χ2n) is 3.85. The van der Waals surface area contributed by atoms with Gasteiger partial charge in [0.2, 0.25) is 0 Å². The van der Waals surface area contributed by atoms with Gasteiger partial charge in [0.15, 0.2) is 0 Å². The van der Waals surface area contributed by atoms with Gasteiger partial charge in [0.1, 0.15) is 5.82 Å². The average Bonchev–Trinajstić information content (AvgIpc) is 2.90. The van der Waals surface area contributed by atoms with Crippen LogP contribution in [0.4, 0.5) is 0 Å². The molecule has 17 heavy (non-hydrogen) atoms. The van der Waals surface area contributed by atoms with Crippen LogP contribution >= 0.6 is 22.9 Å². The Bertz CT molecular complexity index is 479. The van der Waals surface area contributed by atoms with Gasteiger partial charge in [-0.25, -0.2) is 4.98 Å². The lowest BCUT2D eigenvalue weighted by atomic mass is 10.1. The summed E-state index contributed by atoms with van der Waals surface area (Å²) in [5.74, 6) is 6.64. The van der Waals surface area contributed by atoms with Crippen molar-refractivity contribution in [3.05, 3.63) is 39.6 Å². The number of nitrogens with zero attached hydrogens (tertiary/aromatic N) is 2. The fraction of sp³-hybridized carbons (Fsp3) is 0.364. The molecule has 0 saturated carbocycles. The first-order chi connectivity index (χ1) is 8.20. The van der Waals surface area contributed by atoms with Crippen LogP contribution in [-0.2, 0) is 13.5 Å². The van der Waals surface area contributed by atoms with Gasteiger partial charge in [0, 0.05) is 30.7 Å². The molecule has 2 aromatic rings. The lowest BCUT2D eigenvalue weighted by molar-refractivity contribution is 0.513. The maximum atomic E-state index is 5.92. The Morgan fingerprint density at radius 3 is 2.94 bits per heavy atom. The van der Waals surface area contributed by atoms with E-state index in [1.807, 2.05) is 36.1 Å². The van der Waals surface area contributed by atoms with Crippen LogP contribution in [-0.4, -0.2) is 9.55 Å². The quantitative estimate of drug-likeness (QED) is 0.647. The summed E-state index contributed by atoms with van der Waals surface area (Å²) in [5, 5.41) is 0. The van der Waals surface area contributed by atoms with Gasteiger partial charge in [0.25, 0.3) is 0 Å². The van der Waals surface area contributed by atoms with E-state index in [1.54, 1.807) is 11.3 Å². The third kappa shape index (κ3) is 3.07. The number of rotatable bonds is 5. The Balaban J connectivity index is 1.99. The van der Waals surface area contributed by atoms with Crippen LogP contribution in [0.15, 0.2) is 24.5 Å². The number of hydrogen-bond donors (Lipinski definition) is 2. The SMILES string of the molecule is Cn1ccnc1CCC(NN)c1ccc(Cl)s1. The van der Waals surface area contributed by atoms with Crippen molar-refractivity contribution >= 4 is 22.9 Å². The van der Waals surface area contributed by atoms with Crippen molar-refractivity contribution in [2.45, 2.75) is 18.9 Å². The molecule has 4 nitrogen and oxygen atoms in total. The van der Waals surface area contributed by atoms with Crippen molar-refractivity contribution in [2.75, 3.05) is 0 Å². The largest absolute Gasteiger partial charge is 0.338 e. The van der Waals surface area contributed by atoms with Crippen molar-refractivity contribution in [3.63, 3.8) is 0 Å². The average molecular weight is 271 g/mol. The molecule has 2 rings (SSSR count). The first-order valence-corrected chi connectivity index (χ1v) is 6.57. The minimum absolute atomic E-state index is 0.129. The number of aryl methyl sites for hydroxylation is 2. The van der Waals surface area contributed by atoms with Crippen LogP contribution in [0.3, 0.4) is 0 Å². The van der Waals surface area contributed by atoms with Crippen LogP contribution < -0.4 is 11.3 Å². The number of aromatic nitrogens is 2. The molecule has 0 aromatic carbocycles. The molecular formula is C11H15ClN4S. The molecule has 6 heteroatoms. The topological polar surface area (TPSA) is 55.9 Å². The molecule has 2 heterocycles. The first-order valence-electron chi connectivity index (χ1n) is 5.38. The van der Waals surface area contributed by atoms with E-state index in [-0.39, 0.29) is 6.04 Å². The van der Waals surface area contributed by atoms with Gasteiger partial charge < -0.3 is 4.57 Å². The minimum Gasteiger partial charge on any atom is -0.338 e. The molecule has 0 fully saturated rings. The molecule has 0 spiro atoms. The predicted octanol–water partition coefficient (Wildman–Crippen LogP) is 2.27. The Labute approximate surface area is 109 Å². The fourth-order valence-electron chi connectivity index (χ4n) is 1.73. The van der Waals surface area contributed by atoms with Crippen molar-refractivity contribution in [1.82, 2.24) is 15.0 Å². The van der Waals surface area contributed by atoms with Crippen LogP contribution in [0.25, 0.3) is 0 Å². The number of hydrazine groups is 1. The van der Waals surface area contributed by atoms with Gasteiger partial charge in [-0.2, -0.15) is 0 Å². The minimum atomic E-state index is 0.129. The molecule has 1 unspecified atom stereocenters. The second kappa shape index (κ2) is 5.64. The molecule has 92 valence electrons. The second-order valence-corrected chi connectivity index (χ2v) is 5.60. The molecule has 0 bridgehead atoms. The van der Waals surface area contributed by atoms with E-state index in [1.165, 1.54) is 0 Å². The smallest absolute Gasteiger partial charge is 0.108 e. The Kier molecular flexibility index (Phi) is 4.17. The highest BCUT2D eigenvalue weighted by molar-refractivity contribution is 7.16. The third-order valence-electron chi connectivity index (χ3n) is 2.72. The molecule has 0 aliphatic carbocycles. The highest BCUT2D eigenvalue weighted by Crippen LogP contribution is 2.28. The molecule has 0 radical (unpaired) electrons. The summed E-state index contributed by atoms with van der Waals surface area (Å²) in [6, 6.07) is 4.03. The molecule has 0 saturated heterocycles. The number of nitrogens with two attached hydrogens (primary N) is 1. The van der Waals surface area contributed by atoms with E-state index in [4.69, 9.17) is 17.4 Å². The zero-order chi connectivity index (χ0) is 12.3. The van der Waals surface area contributed by atoms with E-state index < -0.39 is 0 Å². The molecule has 0 amide bonds. The fourth-order valence-corrected chi connectivity index (χ4v) is 2.89. The Hall–Kier alpha value is -0.880. The van der Waals surface area contributed by atoms with Gasteiger partial charge in [-0.3, -0.25) is 11.3 Å². The summed E-state index contributed by atoms with van der Waals surface area (Å²) < 4.78 is 2.81. The van der Waals surface area contributed by atoms with Gasteiger partial charge in [-0.1, -0.05) is 11.6 Å². The summed E-state index contributed by atoms with van der Waals surface area (Å²) in [6.07, 6.45) is 5.54. The van der Waals surface area contributed by atoms with Crippen LogP contribution in [0.1, 0.15) is 23.2 Å². The summed E-state index contributed by atoms with van der Waals surface area (Å²) in [7, 11) is 2.00. The maximum absolute atomic E-state index is 5.92. The standard InChI is InChI=1S/C11H15ClN4S/c1-16-7-6-14-11(16)5-2-8(15-13)9-3-4-10(12)17-9/h3-4,6-8,15H,2,5,13H2,1H3. The van der Waals surface area contributed by atoms with Crippen LogP contribution in [0.5, 0.6) is 0 Å². The number of imidazole rings is 1. The molecule has 0 aliphatic rings. The first kappa shape index (κ1) is 12.6. The van der Waals surface area contributed by atoms with E-state index in [2.05, 4.69) is 10.4 Å². The van der Waals surface area contributed by atoms with Gasteiger partial charge >= 0.3 is 0 Å². The summed E-state index contributed by atoms with van der Waals surface area (Å²) in [4.78, 5) is 5.45. The lowest BCUT2D eigenvalue weighted by Gasteiger charge is -2.13. The number of thiophene rings is 1. The van der Waals surface area contributed by atoms with Gasteiger partial charge in [-0.05, 0) is 18.6 Å². The van der Waals surface area contributed by atoms with E-state index in [0.29, 0.717) is 0 Å². The summed E-state index contributed by atoms with van der Waals surface area (Å²) >= 11 is 7.48. The predicted molar refractivity (Wildman–Crippen MR) is 70.9 cm³/mol. The Morgan fingerprint density at radius 2 is 2.41 bits per heavy atom. The summed E-state index contributed by atoms with van der Waals surface area (Å²) in [6.45, 7) is 0. The zero-order valence-corrected chi connectivity index (χ0v) is 11.1. The molecule has 0 aliphatic heterocycles. The van der Waals surface area contributed by atoms with Crippen molar-refractivity contribution in [3.8, 4) is 0 Å². The normalized spacial score (nSPS) is 12.9. The monoisotopic (exact) mass is 270 g/mol. The van der Waals surface area contributed by atoms with Gasteiger partial charge in [-0.15, -0.1) is 11.3 Å². The Morgan fingerprint density at radius 1 is 1.59 bits per heavy atom. The third-order valence-corrected chi connectivity index (χ3v) is 4.06. The lowest BCUT2D eigenvalue weighted by Crippen LogP contribution is -2.28. The van der Waals surface area contributed by atoms with E-state index in [9.17, 15) is 0 Å². The van der Waals surface area contributed by atoms with Crippen molar-refractivity contribution < 1.29 is 0 Å². The van der Waals surface area contributed by atoms with Crippen LogP contribution in [0.2, 0.25) is 4.34 Å². The molecule has 2 aromatic heterocycles. The zero-order valence-electron chi connectivity index (χ0n) is 9.56. The number of nitrogens with one attached hydrogen (secondary N) is 1. The molecule has 1 atom stereocenters. The highest BCUT2D eigenvalue weighted by atomic mass is 35.5. The molecular weight excluding hydrogens is 256 g/mol. The number of hydrogen-bond acceptors (Lipinski definition) is 4. The van der Waals surface area contributed by atoms with E-state index in [0.717, 1.165) is 27.9 Å². The van der Waals surface area contributed by atoms with Gasteiger partial charge in [0.05, 0.1) is 10.4 Å². The summed E-state index contributed by atoms with van der Waals surface area (Å²) in [5.41, 5.74) is 2.83.